The van der Waals surface area contributed by atoms with E-state index in [9.17, 15) is 0 Å². The van der Waals surface area contributed by atoms with Crippen LogP contribution < -0.4 is 9.75 Å². The summed E-state index contributed by atoms with van der Waals surface area (Å²) >= 11 is 3.78. The molecule has 3 aromatic heterocycles. The molecule has 0 amide bonds. The van der Waals surface area contributed by atoms with E-state index in [1.807, 2.05) is 23.1 Å². The van der Waals surface area contributed by atoms with Gasteiger partial charge in [0.1, 0.15) is 0 Å². The molecule has 2 nitrogen and oxygen atoms in total. The minimum absolute atomic E-state index is 0.285. The molecule has 4 heteroatoms. The van der Waals surface area contributed by atoms with Gasteiger partial charge < -0.3 is 9.13 Å². The van der Waals surface area contributed by atoms with Crippen molar-refractivity contribution < 1.29 is 0 Å². The number of aromatic nitrogens is 2. The van der Waals surface area contributed by atoms with Crippen LogP contribution in [-0.4, -0.2) is 9.13 Å². The summed E-state index contributed by atoms with van der Waals surface area (Å²) in [5.74, 6) is 0. The molecule has 0 atom stereocenters. The van der Waals surface area contributed by atoms with Crippen molar-refractivity contribution in [2.75, 3.05) is 0 Å². The third-order valence-corrected chi connectivity index (χ3v) is 16.0. The quantitative estimate of drug-likeness (QED) is 0.172. The lowest BCUT2D eigenvalue weighted by molar-refractivity contribution is 0.529. The fourth-order valence-electron chi connectivity index (χ4n) is 10.9. The number of nitrogens with zero attached hydrogens (tertiary/aromatic N) is 2. The molecular formula is C56H44N2S2. The number of benzene rings is 7. The molecule has 0 fully saturated rings. The Balaban J connectivity index is 1.13. The number of hydrogen-bond donors (Lipinski definition) is 0. The zero-order valence-electron chi connectivity index (χ0n) is 34.5. The van der Waals surface area contributed by atoms with E-state index >= 15 is 0 Å². The highest BCUT2D eigenvalue weighted by molar-refractivity contribution is 7.99. The monoisotopic (exact) mass is 808 g/mol. The average Bonchev–Trinajstić information content (AvgIpc) is 3.84. The number of fused-ring (bicyclic) bond motifs is 13. The fraction of sp³-hybridized carbons (Fsp3) is 0.143. The smallest absolute Gasteiger partial charge is 0.0640 e. The Hall–Kier alpha value is -6.07. The Kier molecular flexibility index (Phi) is 7.74. The van der Waals surface area contributed by atoms with Crippen molar-refractivity contribution >= 4 is 88.9 Å². The van der Waals surface area contributed by atoms with Crippen molar-refractivity contribution in [1.82, 2.24) is 9.13 Å². The van der Waals surface area contributed by atoms with Crippen LogP contribution in [0, 0.1) is 6.92 Å². The SMILES string of the molecule is Cc1cccc(-n2c3ccccc3c3c4c(ccc32)C(C)(C)c2c(ccc3c2c2ccccc2n3-c2cccc3c5c(sc23)=CCC=CC=5)C4(C)C)c1Sc1ccccc1. The Morgan fingerprint density at radius 1 is 0.550 bits per heavy atom. The predicted molar refractivity (Wildman–Crippen MR) is 258 cm³/mol. The minimum atomic E-state index is -0.287. The predicted octanol–water partition coefficient (Wildman–Crippen LogP) is 14.0. The molecule has 0 aliphatic heterocycles. The van der Waals surface area contributed by atoms with Crippen molar-refractivity contribution in [1.29, 1.82) is 0 Å². The Morgan fingerprint density at radius 3 is 1.78 bits per heavy atom. The van der Waals surface area contributed by atoms with Gasteiger partial charge in [0.25, 0.3) is 0 Å². The first-order chi connectivity index (χ1) is 29.2. The van der Waals surface area contributed by atoms with E-state index < -0.39 is 0 Å². The van der Waals surface area contributed by atoms with E-state index in [0.717, 1.165) is 6.42 Å². The standard InChI is InChI=1S/C56H44N2S2/c1-34-18-16-27-46(53(34)59-35-19-8-6-9-20-35)57-42-25-14-12-22-38(42)49-44(57)32-30-40-51(49)55(2,3)41-31-33-45-50(52(41)56(40,4)5)39-23-13-15-26-43(39)58(45)47-28-17-24-37-36-21-10-7-11-29-48(36)60-54(37)47/h6-10,12-33H,11H2,1-5H3. The summed E-state index contributed by atoms with van der Waals surface area (Å²) in [6, 6.07) is 52.4. The minimum Gasteiger partial charge on any atom is -0.308 e. The largest absolute Gasteiger partial charge is 0.308 e. The van der Waals surface area contributed by atoms with Crippen molar-refractivity contribution in [3.05, 3.63) is 189 Å². The average molecular weight is 809 g/mol. The van der Waals surface area contributed by atoms with Crippen LogP contribution in [-0.2, 0) is 10.8 Å². The topological polar surface area (TPSA) is 9.86 Å². The van der Waals surface area contributed by atoms with Gasteiger partial charge in [-0.2, -0.15) is 0 Å². The summed E-state index contributed by atoms with van der Waals surface area (Å²) in [5.41, 5.74) is 13.9. The summed E-state index contributed by atoms with van der Waals surface area (Å²) in [5, 5.41) is 8.01. The van der Waals surface area contributed by atoms with Crippen molar-refractivity contribution in [3.8, 4) is 11.4 Å². The molecule has 0 saturated carbocycles. The maximum atomic E-state index is 2.56. The summed E-state index contributed by atoms with van der Waals surface area (Å²) in [6.45, 7) is 12.1. The Labute approximate surface area is 358 Å². The zero-order chi connectivity index (χ0) is 40.5. The van der Waals surface area contributed by atoms with E-state index in [2.05, 4.69) is 208 Å². The van der Waals surface area contributed by atoms with E-state index in [4.69, 9.17) is 0 Å². The third kappa shape index (κ3) is 4.89. The van der Waals surface area contributed by atoms with Crippen LogP contribution in [0.3, 0.4) is 0 Å². The van der Waals surface area contributed by atoms with Gasteiger partial charge in [-0.15, -0.1) is 11.3 Å². The number of hydrogen-bond acceptors (Lipinski definition) is 2. The first kappa shape index (κ1) is 35.8. The molecule has 0 radical (unpaired) electrons. The van der Waals surface area contributed by atoms with Gasteiger partial charge in [0.05, 0.1) is 38.1 Å². The number of rotatable bonds is 4. The molecule has 0 bridgehead atoms. The first-order valence-electron chi connectivity index (χ1n) is 21.1. The van der Waals surface area contributed by atoms with Crippen LogP contribution in [0.4, 0.5) is 0 Å². The van der Waals surface area contributed by atoms with Crippen LogP contribution >= 0.6 is 23.1 Å². The molecular weight excluding hydrogens is 765 g/mol. The molecule has 12 rings (SSSR count). The summed E-state index contributed by atoms with van der Waals surface area (Å²) < 4.78 is 7.80. The van der Waals surface area contributed by atoms with Crippen LogP contribution in [0.25, 0.3) is 77.2 Å². The van der Waals surface area contributed by atoms with Crippen LogP contribution in [0.15, 0.2) is 161 Å². The first-order valence-corrected chi connectivity index (χ1v) is 22.7. The maximum Gasteiger partial charge on any atom is 0.0640 e. The second-order valence-electron chi connectivity index (χ2n) is 17.6. The molecule has 60 heavy (non-hydrogen) atoms. The molecule has 290 valence electrons. The molecule has 0 spiro atoms. The molecule has 10 aromatic rings. The second-order valence-corrected chi connectivity index (χ2v) is 19.8. The van der Waals surface area contributed by atoms with E-state index in [-0.39, 0.29) is 10.8 Å². The van der Waals surface area contributed by atoms with Crippen molar-refractivity contribution in [2.24, 2.45) is 0 Å². The van der Waals surface area contributed by atoms with E-state index in [0.29, 0.717) is 0 Å². The third-order valence-electron chi connectivity index (χ3n) is 13.5. The lowest BCUT2D eigenvalue weighted by Crippen LogP contribution is -2.37. The van der Waals surface area contributed by atoms with Gasteiger partial charge in [-0.25, -0.2) is 0 Å². The van der Waals surface area contributed by atoms with Gasteiger partial charge in [0.2, 0.25) is 0 Å². The Bertz CT molecular complexity index is 3610. The number of para-hydroxylation sites is 2. The van der Waals surface area contributed by atoms with Gasteiger partial charge in [-0.1, -0.05) is 155 Å². The number of allylic oxidation sites excluding steroid dienone is 2. The van der Waals surface area contributed by atoms with Gasteiger partial charge in [0, 0.05) is 57.3 Å². The Morgan fingerprint density at radius 2 is 1.12 bits per heavy atom. The van der Waals surface area contributed by atoms with Crippen molar-refractivity contribution in [3.63, 3.8) is 0 Å². The lowest BCUT2D eigenvalue weighted by atomic mass is 9.58. The van der Waals surface area contributed by atoms with Gasteiger partial charge >= 0.3 is 0 Å². The number of thiophene rings is 1. The maximum absolute atomic E-state index is 2.56. The molecule has 0 saturated heterocycles. The highest BCUT2D eigenvalue weighted by Crippen LogP contribution is 2.56. The second kappa shape index (κ2) is 13.0. The zero-order valence-corrected chi connectivity index (χ0v) is 36.1. The molecule has 0 N–H and O–H groups in total. The lowest BCUT2D eigenvalue weighted by Gasteiger charge is -2.45. The summed E-state index contributed by atoms with van der Waals surface area (Å²) in [7, 11) is 0. The van der Waals surface area contributed by atoms with Crippen LogP contribution in [0.5, 0.6) is 0 Å². The molecule has 7 aromatic carbocycles. The number of aryl methyl sites for hydroxylation is 1. The van der Waals surface area contributed by atoms with Crippen LogP contribution in [0.2, 0.25) is 0 Å². The molecule has 0 unspecified atom stereocenters. The van der Waals surface area contributed by atoms with Crippen LogP contribution in [0.1, 0.15) is 61.9 Å². The molecule has 2 aliphatic carbocycles. The highest BCUT2D eigenvalue weighted by atomic mass is 32.2. The van der Waals surface area contributed by atoms with E-state index in [1.165, 1.54) is 112 Å². The summed E-state index contributed by atoms with van der Waals surface area (Å²) in [4.78, 5) is 2.53. The summed E-state index contributed by atoms with van der Waals surface area (Å²) in [6.07, 6.45) is 10.1. The van der Waals surface area contributed by atoms with Gasteiger partial charge in [0.15, 0.2) is 0 Å². The van der Waals surface area contributed by atoms with E-state index in [1.54, 1.807) is 0 Å². The van der Waals surface area contributed by atoms with Gasteiger partial charge in [-0.05, 0) is 89.7 Å². The van der Waals surface area contributed by atoms with Gasteiger partial charge in [-0.3, -0.25) is 0 Å². The van der Waals surface area contributed by atoms with Crippen molar-refractivity contribution in [2.45, 2.75) is 61.7 Å². The fourth-order valence-corrected chi connectivity index (χ4v) is 13.1. The molecule has 2 aliphatic rings. The molecule has 3 heterocycles. The highest BCUT2D eigenvalue weighted by Gasteiger charge is 2.45. The normalized spacial score (nSPS) is 15.2.